The zero-order chi connectivity index (χ0) is 11.0. The molecule has 0 amide bonds. The summed E-state index contributed by atoms with van der Waals surface area (Å²) in [6.07, 6.45) is 4.55. The molecular formula is C12H18N2O. The molecule has 2 rings (SSSR count). The molecule has 1 aromatic heterocycles. The Balaban J connectivity index is 2.30. The second kappa shape index (κ2) is 3.80. The second-order valence-electron chi connectivity index (χ2n) is 4.78. The largest absolute Gasteiger partial charge is 0.300 e. The first-order valence-corrected chi connectivity index (χ1v) is 5.63. The Morgan fingerprint density at radius 1 is 1.53 bits per heavy atom. The van der Waals surface area contributed by atoms with Gasteiger partial charge >= 0.3 is 0 Å². The van der Waals surface area contributed by atoms with Gasteiger partial charge in [0, 0.05) is 26.1 Å². The highest BCUT2D eigenvalue weighted by Crippen LogP contribution is 2.35. The van der Waals surface area contributed by atoms with E-state index >= 15 is 0 Å². The van der Waals surface area contributed by atoms with Crippen molar-refractivity contribution in [2.45, 2.75) is 44.9 Å². The second-order valence-corrected chi connectivity index (χ2v) is 4.78. The SMILES string of the molecule is CC(C)c1nn(C)cc1C1CCC(=O)C1. The molecule has 1 aromatic rings. The minimum Gasteiger partial charge on any atom is -0.300 e. The highest BCUT2D eigenvalue weighted by molar-refractivity contribution is 5.81. The highest BCUT2D eigenvalue weighted by atomic mass is 16.1. The molecule has 1 atom stereocenters. The van der Waals surface area contributed by atoms with Crippen LogP contribution in [0, 0.1) is 0 Å². The van der Waals surface area contributed by atoms with Crippen molar-refractivity contribution in [3.63, 3.8) is 0 Å². The summed E-state index contributed by atoms with van der Waals surface area (Å²) >= 11 is 0. The van der Waals surface area contributed by atoms with E-state index in [4.69, 9.17) is 0 Å². The third-order valence-corrected chi connectivity index (χ3v) is 3.12. The summed E-state index contributed by atoms with van der Waals surface area (Å²) in [5, 5.41) is 4.49. The van der Waals surface area contributed by atoms with Crippen molar-refractivity contribution in [3.05, 3.63) is 17.5 Å². The number of aryl methyl sites for hydroxylation is 1. The van der Waals surface area contributed by atoms with Crippen LogP contribution in [0.5, 0.6) is 0 Å². The molecule has 1 heterocycles. The van der Waals surface area contributed by atoms with E-state index in [0.717, 1.165) is 18.5 Å². The van der Waals surface area contributed by atoms with Crippen molar-refractivity contribution in [3.8, 4) is 0 Å². The maximum Gasteiger partial charge on any atom is 0.133 e. The molecule has 0 radical (unpaired) electrons. The Morgan fingerprint density at radius 3 is 2.80 bits per heavy atom. The van der Waals surface area contributed by atoms with E-state index in [2.05, 4.69) is 25.1 Å². The number of hydrogen-bond donors (Lipinski definition) is 0. The van der Waals surface area contributed by atoms with E-state index in [9.17, 15) is 4.79 Å². The van der Waals surface area contributed by atoms with Gasteiger partial charge in [-0.05, 0) is 23.8 Å². The molecule has 1 aliphatic rings. The quantitative estimate of drug-likeness (QED) is 0.744. The fourth-order valence-corrected chi connectivity index (χ4v) is 2.37. The normalized spacial score (nSPS) is 21.6. The molecule has 1 saturated carbocycles. The fraction of sp³-hybridized carbons (Fsp3) is 0.667. The molecule has 0 aliphatic heterocycles. The molecule has 3 heteroatoms. The Kier molecular flexibility index (Phi) is 2.63. The summed E-state index contributed by atoms with van der Waals surface area (Å²) in [7, 11) is 1.95. The van der Waals surface area contributed by atoms with Gasteiger partial charge in [-0.3, -0.25) is 9.48 Å². The Hall–Kier alpha value is -1.12. The van der Waals surface area contributed by atoms with Gasteiger partial charge in [-0.25, -0.2) is 0 Å². The smallest absolute Gasteiger partial charge is 0.133 e. The van der Waals surface area contributed by atoms with E-state index < -0.39 is 0 Å². The number of hydrogen-bond acceptors (Lipinski definition) is 2. The first-order chi connectivity index (χ1) is 7.08. The summed E-state index contributed by atoms with van der Waals surface area (Å²) < 4.78 is 1.87. The zero-order valence-electron chi connectivity index (χ0n) is 9.66. The van der Waals surface area contributed by atoms with Crippen LogP contribution in [0.1, 0.15) is 56.2 Å². The van der Waals surface area contributed by atoms with Crippen molar-refractivity contribution in [2.24, 2.45) is 7.05 Å². The lowest BCUT2D eigenvalue weighted by molar-refractivity contribution is -0.117. The number of aromatic nitrogens is 2. The fourth-order valence-electron chi connectivity index (χ4n) is 2.37. The standard InChI is InChI=1S/C12H18N2O/c1-8(2)12-11(7-14(3)13-12)9-4-5-10(15)6-9/h7-9H,4-6H2,1-3H3. The lowest BCUT2D eigenvalue weighted by Gasteiger charge is -2.09. The van der Waals surface area contributed by atoms with E-state index in [0.29, 0.717) is 24.0 Å². The number of carbonyl (C=O) groups excluding carboxylic acids is 1. The number of nitrogens with zero attached hydrogens (tertiary/aromatic N) is 2. The number of carbonyl (C=O) groups is 1. The van der Waals surface area contributed by atoms with E-state index in [1.807, 2.05) is 11.7 Å². The third kappa shape index (κ3) is 1.96. The van der Waals surface area contributed by atoms with Gasteiger partial charge < -0.3 is 0 Å². The van der Waals surface area contributed by atoms with Gasteiger partial charge in [0.15, 0.2) is 0 Å². The number of Topliss-reactive ketones (excluding diaryl/α,β-unsaturated/α-hetero) is 1. The van der Waals surface area contributed by atoms with Gasteiger partial charge in [-0.2, -0.15) is 5.10 Å². The lowest BCUT2D eigenvalue weighted by Crippen LogP contribution is -1.99. The summed E-state index contributed by atoms with van der Waals surface area (Å²) in [6.45, 7) is 4.31. The minimum atomic E-state index is 0.401. The van der Waals surface area contributed by atoms with Gasteiger partial charge in [-0.15, -0.1) is 0 Å². The third-order valence-electron chi connectivity index (χ3n) is 3.12. The van der Waals surface area contributed by atoms with Crippen LogP contribution in [-0.4, -0.2) is 15.6 Å². The van der Waals surface area contributed by atoms with Crippen LogP contribution in [0.3, 0.4) is 0 Å². The number of rotatable bonds is 2. The van der Waals surface area contributed by atoms with E-state index in [1.165, 1.54) is 5.56 Å². The van der Waals surface area contributed by atoms with Crippen LogP contribution in [0.4, 0.5) is 0 Å². The maximum absolute atomic E-state index is 11.3. The highest BCUT2D eigenvalue weighted by Gasteiger charge is 2.27. The molecule has 0 N–H and O–H groups in total. The van der Waals surface area contributed by atoms with Crippen molar-refractivity contribution in [1.82, 2.24) is 9.78 Å². The van der Waals surface area contributed by atoms with Crippen LogP contribution < -0.4 is 0 Å². The molecule has 0 spiro atoms. The topological polar surface area (TPSA) is 34.9 Å². The van der Waals surface area contributed by atoms with Crippen molar-refractivity contribution in [2.75, 3.05) is 0 Å². The van der Waals surface area contributed by atoms with Crippen LogP contribution in [-0.2, 0) is 11.8 Å². The maximum atomic E-state index is 11.3. The Morgan fingerprint density at radius 2 is 2.27 bits per heavy atom. The first kappa shape index (κ1) is 10.4. The van der Waals surface area contributed by atoms with Gasteiger partial charge in [0.1, 0.15) is 5.78 Å². The summed E-state index contributed by atoms with van der Waals surface area (Å²) in [5.41, 5.74) is 2.45. The van der Waals surface area contributed by atoms with Crippen LogP contribution in [0.15, 0.2) is 6.20 Å². The zero-order valence-corrected chi connectivity index (χ0v) is 9.66. The summed E-state index contributed by atoms with van der Waals surface area (Å²) in [4.78, 5) is 11.3. The van der Waals surface area contributed by atoms with Gasteiger partial charge in [0.25, 0.3) is 0 Å². The molecule has 0 saturated heterocycles. The van der Waals surface area contributed by atoms with E-state index in [-0.39, 0.29) is 0 Å². The van der Waals surface area contributed by atoms with Crippen LogP contribution in [0.25, 0.3) is 0 Å². The Labute approximate surface area is 90.5 Å². The number of ketones is 1. The molecule has 0 bridgehead atoms. The van der Waals surface area contributed by atoms with Crippen molar-refractivity contribution >= 4 is 5.78 Å². The predicted molar refractivity (Wildman–Crippen MR) is 58.9 cm³/mol. The van der Waals surface area contributed by atoms with Crippen molar-refractivity contribution < 1.29 is 4.79 Å². The first-order valence-electron chi connectivity index (χ1n) is 5.63. The predicted octanol–water partition coefficient (Wildman–Crippen LogP) is 2.38. The molecule has 1 aliphatic carbocycles. The molecule has 82 valence electrons. The average molecular weight is 206 g/mol. The monoisotopic (exact) mass is 206 g/mol. The summed E-state index contributed by atoms with van der Waals surface area (Å²) in [6, 6.07) is 0. The average Bonchev–Trinajstić information content (AvgIpc) is 2.71. The van der Waals surface area contributed by atoms with Crippen LogP contribution >= 0.6 is 0 Å². The van der Waals surface area contributed by atoms with Gasteiger partial charge in [-0.1, -0.05) is 13.8 Å². The lowest BCUT2D eigenvalue weighted by atomic mass is 9.94. The van der Waals surface area contributed by atoms with Gasteiger partial charge in [0.2, 0.25) is 0 Å². The summed E-state index contributed by atoms with van der Waals surface area (Å²) in [5.74, 6) is 1.26. The van der Waals surface area contributed by atoms with Crippen LogP contribution in [0.2, 0.25) is 0 Å². The van der Waals surface area contributed by atoms with Gasteiger partial charge in [0.05, 0.1) is 5.69 Å². The molecule has 1 unspecified atom stereocenters. The Bertz CT molecular complexity index is 379. The molecular weight excluding hydrogens is 188 g/mol. The molecule has 1 fully saturated rings. The molecule has 15 heavy (non-hydrogen) atoms. The molecule has 0 aromatic carbocycles. The van der Waals surface area contributed by atoms with Crippen molar-refractivity contribution in [1.29, 1.82) is 0 Å². The van der Waals surface area contributed by atoms with E-state index in [1.54, 1.807) is 0 Å². The minimum absolute atomic E-state index is 0.401. The molecule has 3 nitrogen and oxygen atoms in total.